The maximum atomic E-state index is 12.4. The molecular formula is C12H11BrN2O4S2. The zero-order chi connectivity index (χ0) is 15.6. The lowest BCUT2D eigenvalue weighted by Gasteiger charge is -2.10. The van der Waals surface area contributed by atoms with E-state index in [1.54, 1.807) is 5.38 Å². The summed E-state index contributed by atoms with van der Waals surface area (Å²) in [6, 6.07) is 5.85. The molecule has 0 spiro atoms. The molecule has 1 aromatic carbocycles. The Labute approximate surface area is 134 Å². The minimum absolute atomic E-state index is 0.0266. The number of hydrogen-bond acceptors (Lipinski definition) is 6. The van der Waals surface area contributed by atoms with Gasteiger partial charge in [-0.1, -0.05) is 0 Å². The average Bonchev–Trinajstić information content (AvgIpc) is 2.84. The highest BCUT2D eigenvalue weighted by Gasteiger charge is 2.22. The Morgan fingerprint density at radius 3 is 2.71 bits per heavy atom. The van der Waals surface area contributed by atoms with Gasteiger partial charge in [0.25, 0.3) is 10.0 Å². The van der Waals surface area contributed by atoms with Crippen molar-refractivity contribution < 1.29 is 17.9 Å². The van der Waals surface area contributed by atoms with Crippen LogP contribution in [-0.2, 0) is 14.8 Å². The second kappa shape index (κ2) is 6.04. The molecule has 1 aromatic heterocycles. The maximum absolute atomic E-state index is 12.4. The molecular weight excluding hydrogens is 380 g/mol. The normalized spacial score (nSPS) is 11.1. The SMILES string of the molecule is COC(=O)c1sccc1NS(=O)(=O)c1ccc(N)cc1Br. The van der Waals surface area contributed by atoms with Gasteiger partial charge in [0.2, 0.25) is 0 Å². The molecule has 0 fully saturated rings. The van der Waals surface area contributed by atoms with E-state index in [4.69, 9.17) is 5.73 Å². The predicted octanol–water partition coefficient (Wildman–Crippen LogP) is 2.68. The summed E-state index contributed by atoms with van der Waals surface area (Å²) in [5.41, 5.74) is 6.20. The van der Waals surface area contributed by atoms with Crippen molar-refractivity contribution in [2.24, 2.45) is 0 Å². The molecule has 21 heavy (non-hydrogen) atoms. The number of benzene rings is 1. The van der Waals surface area contributed by atoms with Crippen molar-refractivity contribution in [1.29, 1.82) is 0 Å². The van der Waals surface area contributed by atoms with Gasteiger partial charge in [-0.05, 0) is 45.6 Å². The van der Waals surface area contributed by atoms with E-state index in [0.29, 0.717) is 10.2 Å². The fraction of sp³-hybridized carbons (Fsp3) is 0.0833. The minimum atomic E-state index is -3.85. The standard InChI is InChI=1S/C12H11BrN2O4S2/c1-19-12(16)11-9(4-5-20-11)15-21(17,18)10-3-2-7(14)6-8(10)13/h2-6,15H,14H2,1H3. The molecule has 3 N–H and O–H groups in total. The fourth-order valence-electron chi connectivity index (χ4n) is 1.58. The second-order valence-electron chi connectivity index (χ2n) is 3.95. The first kappa shape index (κ1) is 15.8. The van der Waals surface area contributed by atoms with Crippen LogP contribution in [0.15, 0.2) is 39.0 Å². The lowest BCUT2D eigenvalue weighted by Crippen LogP contribution is -2.15. The third-order valence-corrected chi connectivity index (χ3v) is 5.76. The Morgan fingerprint density at radius 1 is 1.38 bits per heavy atom. The van der Waals surface area contributed by atoms with Crippen LogP contribution in [0.1, 0.15) is 9.67 Å². The van der Waals surface area contributed by atoms with E-state index in [2.05, 4.69) is 25.4 Å². The molecule has 0 aliphatic carbocycles. The number of ether oxygens (including phenoxy) is 1. The Balaban J connectivity index is 2.38. The average molecular weight is 391 g/mol. The molecule has 0 radical (unpaired) electrons. The van der Waals surface area contributed by atoms with Crippen LogP contribution >= 0.6 is 27.3 Å². The highest BCUT2D eigenvalue weighted by atomic mass is 79.9. The van der Waals surface area contributed by atoms with Crippen LogP contribution in [0, 0.1) is 0 Å². The molecule has 0 amide bonds. The highest BCUT2D eigenvalue weighted by molar-refractivity contribution is 9.10. The van der Waals surface area contributed by atoms with Crippen LogP contribution in [-0.4, -0.2) is 21.5 Å². The van der Waals surface area contributed by atoms with Crippen LogP contribution in [0.3, 0.4) is 0 Å². The van der Waals surface area contributed by atoms with Crippen molar-refractivity contribution in [3.63, 3.8) is 0 Å². The predicted molar refractivity (Wildman–Crippen MR) is 85.0 cm³/mol. The molecule has 9 heteroatoms. The number of nitrogen functional groups attached to an aromatic ring is 1. The number of nitrogens with two attached hydrogens (primary N) is 1. The number of sulfonamides is 1. The van der Waals surface area contributed by atoms with Gasteiger partial charge in [0.1, 0.15) is 9.77 Å². The Hall–Kier alpha value is -1.58. The van der Waals surface area contributed by atoms with E-state index < -0.39 is 16.0 Å². The van der Waals surface area contributed by atoms with Crippen LogP contribution in [0.25, 0.3) is 0 Å². The molecule has 0 unspecified atom stereocenters. The lowest BCUT2D eigenvalue weighted by molar-refractivity contribution is 0.0607. The molecule has 0 saturated heterocycles. The molecule has 0 saturated carbocycles. The fourth-order valence-corrected chi connectivity index (χ4v) is 4.57. The quantitative estimate of drug-likeness (QED) is 0.617. The van der Waals surface area contributed by atoms with Gasteiger partial charge >= 0.3 is 5.97 Å². The van der Waals surface area contributed by atoms with Crippen molar-refractivity contribution >= 4 is 54.6 Å². The molecule has 0 bridgehead atoms. The Bertz CT molecular complexity index is 786. The van der Waals surface area contributed by atoms with Crippen molar-refractivity contribution in [3.05, 3.63) is 39.0 Å². The van der Waals surface area contributed by atoms with Gasteiger partial charge in [-0.25, -0.2) is 13.2 Å². The molecule has 1 heterocycles. The Morgan fingerprint density at radius 2 is 2.10 bits per heavy atom. The largest absolute Gasteiger partial charge is 0.465 e. The van der Waals surface area contributed by atoms with Crippen molar-refractivity contribution in [2.45, 2.75) is 4.90 Å². The van der Waals surface area contributed by atoms with E-state index in [-0.39, 0.29) is 15.5 Å². The first-order chi connectivity index (χ1) is 9.85. The number of thiophene rings is 1. The van der Waals surface area contributed by atoms with Crippen molar-refractivity contribution in [2.75, 3.05) is 17.6 Å². The molecule has 0 aliphatic heterocycles. The molecule has 0 atom stereocenters. The number of nitrogens with one attached hydrogen (secondary N) is 1. The van der Waals surface area contributed by atoms with E-state index in [1.807, 2.05) is 0 Å². The Kier molecular flexibility index (Phi) is 4.55. The third-order valence-electron chi connectivity index (χ3n) is 2.53. The summed E-state index contributed by atoms with van der Waals surface area (Å²) in [7, 11) is -2.62. The molecule has 2 rings (SSSR count). The zero-order valence-corrected chi connectivity index (χ0v) is 14.0. The van der Waals surface area contributed by atoms with Gasteiger partial charge in [0, 0.05) is 10.2 Å². The summed E-state index contributed by atoms with van der Waals surface area (Å²) in [5.74, 6) is -0.598. The maximum Gasteiger partial charge on any atom is 0.350 e. The van der Waals surface area contributed by atoms with E-state index in [0.717, 1.165) is 11.3 Å². The van der Waals surface area contributed by atoms with Gasteiger partial charge in [-0.15, -0.1) is 11.3 Å². The molecule has 0 aliphatic rings. The van der Waals surface area contributed by atoms with Crippen molar-refractivity contribution in [3.8, 4) is 0 Å². The summed E-state index contributed by atoms with van der Waals surface area (Å²) < 4.78 is 32.0. The van der Waals surface area contributed by atoms with Gasteiger partial charge in [-0.3, -0.25) is 4.72 Å². The first-order valence-corrected chi connectivity index (χ1v) is 8.74. The zero-order valence-electron chi connectivity index (χ0n) is 10.8. The van der Waals surface area contributed by atoms with E-state index in [9.17, 15) is 13.2 Å². The van der Waals surface area contributed by atoms with Gasteiger partial charge in [-0.2, -0.15) is 0 Å². The minimum Gasteiger partial charge on any atom is -0.465 e. The highest BCUT2D eigenvalue weighted by Crippen LogP contribution is 2.29. The van der Waals surface area contributed by atoms with Crippen LogP contribution in [0.2, 0.25) is 0 Å². The second-order valence-corrected chi connectivity index (χ2v) is 7.37. The topological polar surface area (TPSA) is 98.5 Å². The summed E-state index contributed by atoms with van der Waals surface area (Å²) in [5, 5.41) is 1.60. The lowest BCUT2D eigenvalue weighted by atomic mass is 10.3. The molecule has 112 valence electrons. The van der Waals surface area contributed by atoms with Gasteiger partial charge in [0.15, 0.2) is 0 Å². The number of halogens is 1. The third kappa shape index (κ3) is 3.36. The first-order valence-electron chi connectivity index (χ1n) is 5.59. The number of carbonyl (C=O) groups excluding carboxylic acids is 1. The van der Waals surface area contributed by atoms with Gasteiger partial charge in [0.05, 0.1) is 12.8 Å². The smallest absolute Gasteiger partial charge is 0.350 e. The summed E-state index contributed by atoms with van der Waals surface area (Å²) >= 11 is 4.25. The van der Waals surface area contributed by atoms with E-state index >= 15 is 0 Å². The van der Waals surface area contributed by atoms with E-state index in [1.165, 1.54) is 31.4 Å². The summed E-state index contributed by atoms with van der Waals surface area (Å²) in [4.78, 5) is 11.8. The number of hydrogen-bond donors (Lipinski definition) is 2. The van der Waals surface area contributed by atoms with Gasteiger partial charge < -0.3 is 10.5 Å². The van der Waals surface area contributed by atoms with Crippen LogP contribution < -0.4 is 10.5 Å². The number of esters is 1. The summed E-state index contributed by atoms with van der Waals surface area (Å²) in [6.45, 7) is 0. The molecule has 6 nitrogen and oxygen atoms in total. The number of rotatable bonds is 4. The van der Waals surface area contributed by atoms with Crippen molar-refractivity contribution in [1.82, 2.24) is 0 Å². The monoisotopic (exact) mass is 390 g/mol. The molecule has 2 aromatic rings. The number of methoxy groups -OCH3 is 1. The van der Waals surface area contributed by atoms with Crippen LogP contribution in [0.4, 0.5) is 11.4 Å². The summed E-state index contributed by atoms with van der Waals surface area (Å²) in [6.07, 6.45) is 0. The number of carbonyl (C=O) groups is 1. The van der Waals surface area contributed by atoms with Crippen LogP contribution in [0.5, 0.6) is 0 Å². The number of anilines is 2.